The van der Waals surface area contributed by atoms with Gasteiger partial charge in [-0.15, -0.1) is 0 Å². The van der Waals surface area contributed by atoms with Crippen LogP contribution in [-0.2, 0) is 32.0 Å². The Morgan fingerprint density at radius 3 is 2.15 bits per heavy atom. The number of carboxylic acids is 1. The minimum Gasteiger partial charge on any atom is -0.497 e. The molecule has 0 aliphatic heterocycles. The Labute approximate surface area is 229 Å². The number of rotatable bonds is 16. The molecular formula is C29H40N4O6. The van der Waals surface area contributed by atoms with Crippen molar-refractivity contribution in [1.82, 2.24) is 21.3 Å². The number of ether oxygens (including phenoxy) is 1. The number of carboxylic acid groups (broad SMARTS) is 1. The summed E-state index contributed by atoms with van der Waals surface area (Å²) in [5.74, 6) is -1.71. The molecule has 0 aromatic heterocycles. The number of likely N-dealkylation sites (N-methyl/N-ethyl adjacent to an activating group) is 1. The van der Waals surface area contributed by atoms with Crippen LogP contribution in [0.4, 0.5) is 0 Å². The average Bonchev–Trinajstić information content (AvgIpc) is 2.94. The molecule has 2 rings (SSSR count). The molecule has 2 aromatic carbocycles. The minimum absolute atomic E-state index is 0.0841. The lowest BCUT2D eigenvalue weighted by molar-refractivity contribution is -0.141. The lowest BCUT2D eigenvalue weighted by Gasteiger charge is -2.29. The Morgan fingerprint density at radius 2 is 1.59 bits per heavy atom. The van der Waals surface area contributed by atoms with Gasteiger partial charge in [-0.2, -0.15) is 0 Å². The normalized spacial score (nSPS) is 13.8. The molecule has 10 nitrogen and oxygen atoms in total. The summed E-state index contributed by atoms with van der Waals surface area (Å²) in [5, 5.41) is 20.9. The van der Waals surface area contributed by atoms with Crippen LogP contribution < -0.4 is 26.0 Å². The molecule has 212 valence electrons. The van der Waals surface area contributed by atoms with Gasteiger partial charge in [-0.1, -0.05) is 62.7 Å². The van der Waals surface area contributed by atoms with Gasteiger partial charge in [-0.05, 0) is 35.6 Å². The molecule has 0 spiro atoms. The van der Waals surface area contributed by atoms with Crippen LogP contribution in [0.15, 0.2) is 54.6 Å². The van der Waals surface area contributed by atoms with Crippen molar-refractivity contribution < 1.29 is 29.0 Å². The fraction of sp³-hybridized carbons (Fsp3) is 0.448. The van der Waals surface area contributed by atoms with E-state index in [1.807, 2.05) is 56.3 Å². The standard InChI is InChI=1S/C29H40N4O6/c1-5-19(2)26(28(36)33-24(27(35)30-3)17-21-11-13-22(39-4)14-12-21)32-23(29(37)38)15-16-31-25(34)18-20-9-7-6-8-10-20/h6-14,19,23-24,26,32H,5,15-18H2,1-4H3,(H,30,35)(H,31,34)(H,33,36)(H,37,38). The van der Waals surface area contributed by atoms with Gasteiger partial charge in [0.25, 0.3) is 0 Å². The van der Waals surface area contributed by atoms with Crippen LogP contribution in [0, 0.1) is 5.92 Å². The molecule has 0 fully saturated rings. The van der Waals surface area contributed by atoms with E-state index in [-0.39, 0.29) is 43.5 Å². The van der Waals surface area contributed by atoms with Gasteiger partial charge in [0.15, 0.2) is 0 Å². The number of nitrogens with one attached hydrogen (secondary N) is 4. The van der Waals surface area contributed by atoms with Gasteiger partial charge in [0.1, 0.15) is 17.8 Å². The van der Waals surface area contributed by atoms with Crippen molar-refractivity contribution in [3.63, 3.8) is 0 Å². The number of aliphatic carboxylic acids is 1. The number of carbonyl (C=O) groups excluding carboxylic acids is 3. The highest BCUT2D eigenvalue weighted by Gasteiger charge is 2.32. The van der Waals surface area contributed by atoms with Crippen molar-refractivity contribution in [3.8, 4) is 5.75 Å². The molecule has 4 atom stereocenters. The van der Waals surface area contributed by atoms with E-state index in [1.165, 1.54) is 7.05 Å². The SMILES string of the molecule is CCC(C)C(NC(CCNC(=O)Cc1ccccc1)C(=O)O)C(=O)NC(Cc1ccc(OC)cc1)C(=O)NC. The zero-order valence-corrected chi connectivity index (χ0v) is 23.0. The van der Waals surface area contributed by atoms with Crippen molar-refractivity contribution in [3.05, 3.63) is 65.7 Å². The first kappa shape index (κ1) is 31.3. The van der Waals surface area contributed by atoms with E-state index in [1.54, 1.807) is 19.2 Å². The van der Waals surface area contributed by atoms with Crippen LogP contribution in [-0.4, -0.2) is 67.6 Å². The van der Waals surface area contributed by atoms with Gasteiger partial charge >= 0.3 is 5.97 Å². The molecule has 0 radical (unpaired) electrons. The van der Waals surface area contributed by atoms with E-state index in [2.05, 4.69) is 21.3 Å². The van der Waals surface area contributed by atoms with Gasteiger partial charge in [-0.25, -0.2) is 0 Å². The lowest BCUT2D eigenvalue weighted by atomic mass is 9.96. The monoisotopic (exact) mass is 540 g/mol. The highest BCUT2D eigenvalue weighted by atomic mass is 16.5. The van der Waals surface area contributed by atoms with Gasteiger partial charge in [0, 0.05) is 20.0 Å². The topological polar surface area (TPSA) is 146 Å². The maximum atomic E-state index is 13.4. The molecule has 3 amide bonds. The Bertz CT molecular complexity index is 1080. The van der Waals surface area contributed by atoms with Crippen molar-refractivity contribution >= 4 is 23.7 Å². The van der Waals surface area contributed by atoms with Crippen LogP contribution in [0.25, 0.3) is 0 Å². The van der Waals surface area contributed by atoms with Crippen molar-refractivity contribution in [2.75, 3.05) is 20.7 Å². The zero-order valence-electron chi connectivity index (χ0n) is 23.0. The summed E-state index contributed by atoms with van der Waals surface area (Å²) >= 11 is 0. The summed E-state index contributed by atoms with van der Waals surface area (Å²) in [6.07, 6.45) is 1.13. The van der Waals surface area contributed by atoms with E-state index in [0.717, 1.165) is 11.1 Å². The molecule has 0 bridgehead atoms. The smallest absolute Gasteiger partial charge is 0.320 e. The third-order valence-corrected chi connectivity index (χ3v) is 6.62. The summed E-state index contributed by atoms with van der Waals surface area (Å²) in [5.41, 5.74) is 1.68. The third kappa shape index (κ3) is 10.4. The predicted molar refractivity (Wildman–Crippen MR) is 148 cm³/mol. The quantitative estimate of drug-likeness (QED) is 0.218. The van der Waals surface area contributed by atoms with Crippen molar-refractivity contribution in [1.29, 1.82) is 0 Å². The Kier molecular flexibility index (Phi) is 12.9. The third-order valence-electron chi connectivity index (χ3n) is 6.62. The molecule has 0 aliphatic carbocycles. The van der Waals surface area contributed by atoms with Crippen molar-refractivity contribution in [2.24, 2.45) is 5.92 Å². The second-order valence-corrected chi connectivity index (χ2v) is 9.45. The molecular weight excluding hydrogens is 500 g/mol. The molecule has 5 N–H and O–H groups in total. The molecule has 2 aromatic rings. The highest BCUT2D eigenvalue weighted by molar-refractivity contribution is 5.90. The van der Waals surface area contributed by atoms with Gasteiger partial charge in [0.2, 0.25) is 17.7 Å². The first-order valence-corrected chi connectivity index (χ1v) is 13.1. The van der Waals surface area contributed by atoms with E-state index in [4.69, 9.17) is 4.74 Å². The van der Waals surface area contributed by atoms with Gasteiger partial charge in [-0.3, -0.25) is 24.5 Å². The molecule has 39 heavy (non-hydrogen) atoms. The zero-order chi connectivity index (χ0) is 28.8. The molecule has 4 unspecified atom stereocenters. The molecule has 0 saturated heterocycles. The summed E-state index contributed by atoms with van der Waals surface area (Å²) in [4.78, 5) is 50.3. The summed E-state index contributed by atoms with van der Waals surface area (Å²) in [6, 6.07) is 13.6. The number of methoxy groups -OCH3 is 1. The summed E-state index contributed by atoms with van der Waals surface area (Å²) in [6.45, 7) is 3.87. The van der Waals surface area contributed by atoms with Crippen molar-refractivity contribution in [2.45, 2.75) is 57.7 Å². The van der Waals surface area contributed by atoms with Gasteiger partial charge in [0.05, 0.1) is 19.6 Å². The molecule has 0 heterocycles. The highest BCUT2D eigenvalue weighted by Crippen LogP contribution is 2.14. The Balaban J connectivity index is 2.05. The van der Waals surface area contributed by atoms with E-state index < -0.39 is 30.0 Å². The van der Waals surface area contributed by atoms with Crippen LogP contribution in [0.2, 0.25) is 0 Å². The number of hydrogen-bond donors (Lipinski definition) is 5. The maximum Gasteiger partial charge on any atom is 0.320 e. The second kappa shape index (κ2) is 16.1. The largest absolute Gasteiger partial charge is 0.497 e. The van der Waals surface area contributed by atoms with E-state index in [9.17, 15) is 24.3 Å². The number of amides is 3. The van der Waals surface area contributed by atoms with Crippen LogP contribution in [0.3, 0.4) is 0 Å². The van der Waals surface area contributed by atoms with Crippen LogP contribution in [0.5, 0.6) is 5.75 Å². The average molecular weight is 541 g/mol. The fourth-order valence-corrected chi connectivity index (χ4v) is 4.07. The fourth-order valence-electron chi connectivity index (χ4n) is 4.07. The molecule has 0 aliphatic rings. The van der Waals surface area contributed by atoms with Gasteiger partial charge < -0.3 is 25.8 Å². The Morgan fingerprint density at radius 1 is 0.923 bits per heavy atom. The Hall–Kier alpha value is -3.92. The lowest BCUT2D eigenvalue weighted by Crippen LogP contribution is -2.58. The first-order valence-electron chi connectivity index (χ1n) is 13.1. The second-order valence-electron chi connectivity index (χ2n) is 9.45. The number of hydrogen-bond acceptors (Lipinski definition) is 6. The van der Waals surface area contributed by atoms with Crippen LogP contribution >= 0.6 is 0 Å². The van der Waals surface area contributed by atoms with E-state index in [0.29, 0.717) is 12.2 Å². The number of carbonyl (C=O) groups is 4. The number of benzene rings is 2. The van der Waals surface area contributed by atoms with E-state index >= 15 is 0 Å². The summed E-state index contributed by atoms with van der Waals surface area (Å²) in [7, 11) is 3.06. The summed E-state index contributed by atoms with van der Waals surface area (Å²) < 4.78 is 5.17. The first-order chi connectivity index (χ1) is 18.7. The maximum absolute atomic E-state index is 13.4. The van der Waals surface area contributed by atoms with Crippen LogP contribution in [0.1, 0.15) is 37.8 Å². The minimum atomic E-state index is -1.13. The predicted octanol–water partition coefficient (Wildman–Crippen LogP) is 1.68. The molecule has 0 saturated carbocycles. The molecule has 10 heteroatoms.